The topological polar surface area (TPSA) is 90.2 Å². The van der Waals surface area contributed by atoms with E-state index in [0.717, 1.165) is 42.5 Å². The van der Waals surface area contributed by atoms with Crippen LogP contribution in [0.4, 0.5) is 0 Å². The molecule has 1 N–H and O–H groups in total. The van der Waals surface area contributed by atoms with Crippen LogP contribution in [0.3, 0.4) is 0 Å². The molecule has 0 spiro atoms. The highest BCUT2D eigenvalue weighted by atomic mass is 16.5. The van der Waals surface area contributed by atoms with Crippen molar-refractivity contribution in [1.29, 1.82) is 0 Å². The molecule has 0 radical (unpaired) electrons. The van der Waals surface area contributed by atoms with E-state index in [9.17, 15) is 14.7 Å². The Morgan fingerprint density at radius 2 is 2.00 bits per heavy atom. The number of carboxylic acid groups (broad SMARTS) is 1. The first-order chi connectivity index (χ1) is 16.9. The monoisotopic (exact) mass is 484 g/mol. The van der Waals surface area contributed by atoms with Crippen LogP contribution >= 0.6 is 0 Å². The summed E-state index contributed by atoms with van der Waals surface area (Å²) in [5.74, 6) is 0.515. The second-order valence-electron chi connectivity index (χ2n) is 9.42. The molecule has 0 aliphatic carbocycles. The maximum absolute atomic E-state index is 13.3. The van der Waals surface area contributed by atoms with Crippen molar-refractivity contribution >= 4 is 5.97 Å². The van der Waals surface area contributed by atoms with E-state index in [0.29, 0.717) is 43.2 Å². The maximum atomic E-state index is 13.3. The Labute approximate surface area is 206 Å². The molecular weight excluding hydrogens is 448 g/mol. The van der Waals surface area contributed by atoms with Crippen molar-refractivity contribution in [1.82, 2.24) is 9.47 Å². The number of hydrogen-bond acceptors (Lipinski definition) is 6. The normalized spacial score (nSPS) is 20.2. The van der Waals surface area contributed by atoms with Crippen molar-refractivity contribution in [2.45, 2.75) is 64.1 Å². The van der Waals surface area contributed by atoms with Gasteiger partial charge in [-0.05, 0) is 56.8 Å². The SMILES string of the molecule is CCC1Cc2cc(OCCCOC)c(OC)cc2-c2cc(=O)c(C(C)N3CCCC3C(=O)O)cn21. The molecule has 3 heterocycles. The van der Waals surface area contributed by atoms with Crippen LogP contribution in [-0.4, -0.2) is 60.6 Å². The first kappa shape index (κ1) is 25.3. The molecule has 1 aromatic heterocycles. The van der Waals surface area contributed by atoms with E-state index in [-0.39, 0.29) is 17.5 Å². The molecule has 3 unspecified atom stereocenters. The van der Waals surface area contributed by atoms with Crippen LogP contribution in [0.2, 0.25) is 0 Å². The highest BCUT2D eigenvalue weighted by molar-refractivity contribution is 5.74. The predicted molar refractivity (Wildman–Crippen MR) is 133 cm³/mol. The summed E-state index contributed by atoms with van der Waals surface area (Å²) in [5, 5.41) is 9.63. The van der Waals surface area contributed by atoms with Gasteiger partial charge in [0.15, 0.2) is 16.9 Å². The third kappa shape index (κ3) is 4.95. The van der Waals surface area contributed by atoms with Gasteiger partial charge in [0.25, 0.3) is 0 Å². The van der Waals surface area contributed by atoms with Gasteiger partial charge in [0.2, 0.25) is 0 Å². The van der Waals surface area contributed by atoms with Gasteiger partial charge >= 0.3 is 5.97 Å². The number of likely N-dealkylation sites (tertiary alicyclic amines) is 1. The molecule has 1 fully saturated rings. The van der Waals surface area contributed by atoms with Gasteiger partial charge in [-0.3, -0.25) is 14.5 Å². The van der Waals surface area contributed by atoms with E-state index in [1.54, 1.807) is 20.3 Å². The lowest BCUT2D eigenvalue weighted by Gasteiger charge is -2.33. The fraction of sp³-hybridized carbons (Fsp3) is 0.556. The molecule has 2 aromatic rings. The van der Waals surface area contributed by atoms with E-state index >= 15 is 0 Å². The van der Waals surface area contributed by atoms with E-state index in [4.69, 9.17) is 14.2 Å². The standard InChI is InChI=1S/C27H36N2O6/c1-5-19-12-18-13-26(35-11-7-10-33-3)25(34-4)14-20(18)23-15-24(30)21(16-29(19)23)17(2)28-9-6-8-22(28)27(31)32/h13-17,19,22H,5-12H2,1-4H3,(H,31,32). The summed E-state index contributed by atoms with van der Waals surface area (Å²) in [6, 6.07) is 5.09. The van der Waals surface area contributed by atoms with Crippen molar-refractivity contribution in [3.63, 3.8) is 0 Å². The fourth-order valence-electron chi connectivity index (χ4n) is 5.45. The Hall–Kier alpha value is -2.84. The molecule has 2 aliphatic rings. The lowest BCUT2D eigenvalue weighted by Crippen LogP contribution is -2.39. The smallest absolute Gasteiger partial charge is 0.320 e. The average Bonchev–Trinajstić information content (AvgIpc) is 3.35. The Morgan fingerprint density at radius 3 is 2.69 bits per heavy atom. The van der Waals surface area contributed by atoms with Crippen LogP contribution in [0.15, 0.2) is 29.2 Å². The number of hydrogen-bond donors (Lipinski definition) is 1. The summed E-state index contributed by atoms with van der Waals surface area (Å²) in [7, 11) is 3.29. The molecule has 0 amide bonds. The van der Waals surface area contributed by atoms with Crippen LogP contribution in [0.25, 0.3) is 11.3 Å². The Morgan fingerprint density at radius 1 is 1.20 bits per heavy atom. The number of carboxylic acids is 1. The van der Waals surface area contributed by atoms with Crippen molar-refractivity contribution in [2.75, 3.05) is 34.0 Å². The zero-order chi connectivity index (χ0) is 25.1. The lowest BCUT2D eigenvalue weighted by atomic mass is 9.90. The van der Waals surface area contributed by atoms with E-state index in [2.05, 4.69) is 11.5 Å². The molecule has 8 nitrogen and oxygen atoms in total. The van der Waals surface area contributed by atoms with Crippen molar-refractivity contribution in [3.8, 4) is 22.8 Å². The van der Waals surface area contributed by atoms with Crippen LogP contribution in [0, 0.1) is 0 Å². The number of carbonyl (C=O) groups is 1. The highest BCUT2D eigenvalue weighted by Gasteiger charge is 2.36. The third-order valence-electron chi connectivity index (χ3n) is 7.37. The zero-order valence-electron chi connectivity index (χ0n) is 21.1. The Bertz CT molecular complexity index is 1130. The lowest BCUT2D eigenvalue weighted by molar-refractivity contribution is -0.142. The molecule has 4 rings (SSSR count). The molecule has 0 saturated carbocycles. The van der Waals surface area contributed by atoms with E-state index < -0.39 is 12.0 Å². The van der Waals surface area contributed by atoms with Crippen molar-refractivity contribution in [2.24, 2.45) is 0 Å². The molecule has 0 bridgehead atoms. The number of methoxy groups -OCH3 is 2. The predicted octanol–water partition coefficient (Wildman–Crippen LogP) is 4.06. The van der Waals surface area contributed by atoms with Gasteiger partial charge in [0.1, 0.15) is 6.04 Å². The fourth-order valence-corrected chi connectivity index (χ4v) is 5.45. The van der Waals surface area contributed by atoms with Gasteiger partial charge in [-0.2, -0.15) is 0 Å². The first-order valence-electron chi connectivity index (χ1n) is 12.5. The van der Waals surface area contributed by atoms with Crippen LogP contribution in [-0.2, 0) is 16.0 Å². The van der Waals surface area contributed by atoms with Gasteiger partial charge in [-0.1, -0.05) is 6.92 Å². The van der Waals surface area contributed by atoms with Gasteiger partial charge in [0, 0.05) is 55.6 Å². The van der Waals surface area contributed by atoms with Crippen LogP contribution < -0.4 is 14.9 Å². The van der Waals surface area contributed by atoms with Gasteiger partial charge < -0.3 is 23.9 Å². The molecule has 35 heavy (non-hydrogen) atoms. The quantitative estimate of drug-likeness (QED) is 0.509. The largest absolute Gasteiger partial charge is 0.493 e. The second-order valence-corrected chi connectivity index (χ2v) is 9.42. The van der Waals surface area contributed by atoms with Gasteiger partial charge in [-0.25, -0.2) is 0 Å². The van der Waals surface area contributed by atoms with Crippen molar-refractivity contribution < 1.29 is 24.1 Å². The van der Waals surface area contributed by atoms with E-state index in [1.807, 2.05) is 30.2 Å². The van der Waals surface area contributed by atoms with Gasteiger partial charge in [-0.15, -0.1) is 0 Å². The number of fused-ring (bicyclic) bond motifs is 3. The summed E-state index contributed by atoms with van der Waals surface area (Å²) >= 11 is 0. The maximum Gasteiger partial charge on any atom is 0.320 e. The summed E-state index contributed by atoms with van der Waals surface area (Å²) < 4.78 is 18.9. The number of aliphatic carboxylic acids is 1. The summed E-state index contributed by atoms with van der Waals surface area (Å²) in [6.45, 7) is 5.94. The molecule has 2 aliphatic heterocycles. The Balaban J connectivity index is 1.72. The summed E-state index contributed by atoms with van der Waals surface area (Å²) in [4.78, 5) is 27.0. The van der Waals surface area contributed by atoms with Crippen LogP contribution in [0.5, 0.6) is 11.5 Å². The minimum Gasteiger partial charge on any atom is -0.493 e. The summed E-state index contributed by atoms with van der Waals surface area (Å²) in [5.41, 5.74) is 3.54. The average molecular weight is 485 g/mol. The molecule has 8 heteroatoms. The number of aromatic nitrogens is 1. The van der Waals surface area contributed by atoms with Gasteiger partial charge in [0.05, 0.1) is 19.4 Å². The van der Waals surface area contributed by atoms with E-state index in [1.165, 1.54) is 0 Å². The molecule has 190 valence electrons. The molecular formula is C27H36N2O6. The number of pyridine rings is 1. The van der Waals surface area contributed by atoms with Crippen molar-refractivity contribution in [3.05, 3.63) is 45.7 Å². The molecule has 3 atom stereocenters. The minimum atomic E-state index is -0.819. The molecule has 1 saturated heterocycles. The van der Waals surface area contributed by atoms with Crippen LogP contribution in [0.1, 0.15) is 62.7 Å². The first-order valence-corrected chi connectivity index (χ1v) is 12.5. The number of rotatable bonds is 10. The minimum absolute atomic E-state index is 0.0682. The zero-order valence-corrected chi connectivity index (χ0v) is 21.1. The third-order valence-corrected chi connectivity index (χ3v) is 7.37. The molecule has 1 aromatic carbocycles. The Kier molecular flexibility index (Phi) is 7.82. The second kappa shape index (κ2) is 10.8. The summed E-state index contributed by atoms with van der Waals surface area (Å²) in [6.07, 6.45) is 5.91. The highest BCUT2D eigenvalue weighted by Crippen LogP contribution is 2.42. The number of benzene rings is 1. The number of nitrogens with zero attached hydrogens (tertiary/aromatic N) is 2. The number of ether oxygens (including phenoxy) is 3.